The number of hydrogen-bond acceptors (Lipinski definition) is 3. The lowest BCUT2D eigenvalue weighted by atomic mass is 10.3. The maximum absolute atomic E-state index is 5.81. The first-order chi connectivity index (χ1) is 8.72. The molecule has 1 fully saturated rings. The third-order valence-corrected chi connectivity index (χ3v) is 3.58. The zero-order valence-corrected chi connectivity index (χ0v) is 10.9. The highest BCUT2D eigenvalue weighted by atomic mass is 35.5. The van der Waals surface area contributed by atoms with Crippen LogP contribution in [0.2, 0.25) is 5.15 Å². The van der Waals surface area contributed by atoms with Gasteiger partial charge in [-0.2, -0.15) is 0 Å². The molecule has 1 aliphatic rings. The third-order valence-electron chi connectivity index (χ3n) is 3.35. The third kappa shape index (κ3) is 2.51. The Hall–Kier alpha value is -1.48. The van der Waals surface area contributed by atoms with Gasteiger partial charge in [0, 0.05) is 5.92 Å². The van der Waals surface area contributed by atoms with Gasteiger partial charge in [0.2, 0.25) is 0 Å². The fraction of sp³-hybridized carbons (Fsp3) is 0.357. The van der Waals surface area contributed by atoms with Crippen molar-refractivity contribution in [3.63, 3.8) is 0 Å². The summed E-state index contributed by atoms with van der Waals surface area (Å²) in [6.45, 7) is 2.93. The van der Waals surface area contributed by atoms with E-state index in [4.69, 9.17) is 16.0 Å². The van der Waals surface area contributed by atoms with Crippen LogP contribution >= 0.6 is 11.6 Å². The van der Waals surface area contributed by atoms with E-state index >= 15 is 0 Å². The van der Waals surface area contributed by atoms with Crippen molar-refractivity contribution in [2.24, 2.45) is 5.92 Å². The summed E-state index contributed by atoms with van der Waals surface area (Å²) in [7, 11) is 0. The van der Waals surface area contributed by atoms with Crippen molar-refractivity contribution in [3.8, 4) is 0 Å². The lowest BCUT2D eigenvalue weighted by Gasteiger charge is -2.03. The second kappa shape index (κ2) is 4.65. The fourth-order valence-electron chi connectivity index (χ4n) is 2.08. The van der Waals surface area contributed by atoms with E-state index in [1.165, 1.54) is 6.42 Å². The zero-order valence-electron chi connectivity index (χ0n) is 10.2. The summed E-state index contributed by atoms with van der Waals surface area (Å²) in [6, 6.07) is 7.80. The van der Waals surface area contributed by atoms with Crippen LogP contribution in [0, 0.1) is 5.92 Å². The smallest absolute Gasteiger partial charge is 0.129 e. The number of halogens is 1. The molecular weight excluding hydrogens is 248 g/mol. The molecule has 1 aliphatic carbocycles. The molecule has 94 valence electrons. The minimum absolute atomic E-state index is 0.503. The van der Waals surface area contributed by atoms with Crippen LogP contribution < -0.4 is 5.32 Å². The van der Waals surface area contributed by atoms with E-state index in [0.717, 1.165) is 23.1 Å². The van der Waals surface area contributed by atoms with Crippen LogP contribution in [0.5, 0.6) is 0 Å². The summed E-state index contributed by atoms with van der Waals surface area (Å²) in [4.78, 5) is 4.02. The quantitative estimate of drug-likeness (QED) is 0.845. The van der Waals surface area contributed by atoms with Crippen molar-refractivity contribution in [3.05, 3.63) is 47.1 Å². The monoisotopic (exact) mass is 262 g/mol. The molecule has 3 rings (SSSR count). The minimum atomic E-state index is 0.503. The molecule has 1 saturated carbocycles. The van der Waals surface area contributed by atoms with Gasteiger partial charge in [-0.25, -0.2) is 4.98 Å². The van der Waals surface area contributed by atoms with E-state index in [2.05, 4.69) is 23.3 Å². The number of hydrogen-bond donors (Lipinski definition) is 1. The molecule has 2 atom stereocenters. The topological polar surface area (TPSA) is 38.1 Å². The Morgan fingerprint density at radius 1 is 1.39 bits per heavy atom. The Balaban J connectivity index is 1.59. The van der Waals surface area contributed by atoms with Gasteiger partial charge in [0.15, 0.2) is 0 Å². The summed E-state index contributed by atoms with van der Waals surface area (Å²) in [5, 5.41) is 3.76. The normalized spacial score (nSPS) is 21.9. The van der Waals surface area contributed by atoms with E-state index in [1.54, 1.807) is 12.3 Å². The van der Waals surface area contributed by atoms with Gasteiger partial charge in [-0.1, -0.05) is 18.5 Å². The van der Waals surface area contributed by atoms with Crippen LogP contribution in [0.1, 0.15) is 30.8 Å². The summed E-state index contributed by atoms with van der Waals surface area (Å²) in [5.74, 6) is 3.49. The predicted octanol–water partition coefficient (Wildman–Crippen LogP) is 4.06. The highest BCUT2D eigenvalue weighted by Crippen LogP contribution is 2.47. The van der Waals surface area contributed by atoms with E-state index < -0.39 is 0 Å². The van der Waals surface area contributed by atoms with Crippen molar-refractivity contribution in [2.75, 3.05) is 5.32 Å². The summed E-state index contributed by atoms with van der Waals surface area (Å²) < 4.78 is 5.81. The first-order valence-corrected chi connectivity index (χ1v) is 6.54. The number of nitrogens with one attached hydrogen (secondary N) is 1. The van der Waals surface area contributed by atoms with Crippen LogP contribution in [0.3, 0.4) is 0 Å². The molecule has 0 bridgehead atoms. The largest absolute Gasteiger partial charge is 0.464 e. The first kappa shape index (κ1) is 11.6. The standard InChI is InChI=1S/C14H15ClN2O/c1-9-6-12(9)13-4-3-11(18-13)8-16-10-2-5-14(15)17-7-10/h2-5,7,9,12,16H,6,8H2,1H3. The fourth-order valence-corrected chi connectivity index (χ4v) is 2.19. The number of rotatable bonds is 4. The van der Waals surface area contributed by atoms with Gasteiger partial charge in [0.25, 0.3) is 0 Å². The SMILES string of the molecule is CC1CC1c1ccc(CNc2ccc(Cl)nc2)o1. The highest BCUT2D eigenvalue weighted by Gasteiger charge is 2.36. The molecule has 0 aromatic carbocycles. The average molecular weight is 263 g/mol. The molecule has 0 radical (unpaired) electrons. The molecule has 2 heterocycles. The Morgan fingerprint density at radius 2 is 2.22 bits per heavy atom. The molecule has 1 N–H and O–H groups in total. The predicted molar refractivity (Wildman–Crippen MR) is 71.8 cm³/mol. The average Bonchev–Trinajstić information content (AvgIpc) is 2.92. The van der Waals surface area contributed by atoms with Crippen LogP contribution in [-0.4, -0.2) is 4.98 Å². The van der Waals surface area contributed by atoms with Crippen molar-refractivity contribution in [1.82, 2.24) is 4.98 Å². The van der Waals surface area contributed by atoms with Gasteiger partial charge in [-0.15, -0.1) is 0 Å². The van der Waals surface area contributed by atoms with E-state index in [1.807, 2.05) is 12.1 Å². The second-order valence-corrected chi connectivity index (χ2v) is 5.23. The Labute approximate surface area is 111 Å². The summed E-state index contributed by atoms with van der Waals surface area (Å²) in [6.07, 6.45) is 2.97. The lowest BCUT2D eigenvalue weighted by molar-refractivity contribution is 0.468. The van der Waals surface area contributed by atoms with E-state index in [9.17, 15) is 0 Å². The van der Waals surface area contributed by atoms with Gasteiger partial charge in [-0.05, 0) is 36.6 Å². The second-order valence-electron chi connectivity index (χ2n) is 4.85. The van der Waals surface area contributed by atoms with Crippen molar-refractivity contribution in [2.45, 2.75) is 25.8 Å². The number of aromatic nitrogens is 1. The Morgan fingerprint density at radius 3 is 2.89 bits per heavy atom. The van der Waals surface area contributed by atoms with Gasteiger partial charge < -0.3 is 9.73 Å². The molecule has 3 nitrogen and oxygen atoms in total. The van der Waals surface area contributed by atoms with Gasteiger partial charge in [0.1, 0.15) is 16.7 Å². The molecule has 0 amide bonds. The molecular formula is C14H15ClN2O. The Kier molecular flexibility index (Phi) is 3.00. The number of anilines is 1. The van der Waals surface area contributed by atoms with Crippen LogP contribution in [0.15, 0.2) is 34.9 Å². The summed E-state index contributed by atoms with van der Waals surface area (Å²) >= 11 is 5.73. The molecule has 0 aliphatic heterocycles. The van der Waals surface area contributed by atoms with Crippen molar-refractivity contribution in [1.29, 1.82) is 0 Å². The molecule has 2 aromatic rings. The number of furan rings is 1. The van der Waals surface area contributed by atoms with Gasteiger partial charge >= 0.3 is 0 Å². The zero-order chi connectivity index (χ0) is 12.5. The van der Waals surface area contributed by atoms with Gasteiger partial charge in [0.05, 0.1) is 18.4 Å². The lowest BCUT2D eigenvalue weighted by Crippen LogP contribution is -1.98. The van der Waals surface area contributed by atoms with Crippen molar-refractivity contribution < 1.29 is 4.42 Å². The number of pyridine rings is 1. The molecule has 2 unspecified atom stereocenters. The molecule has 0 saturated heterocycles. The van der Waals surface area contributed by atoms with Crippen LogP contribution in [-0.2, 0) is 6.54 Å². The summed E-state index contributed by atoms with van der Waals surface area (Å²) in [5.41, 5.74) is 0.942. The maximum atomic E-state index is 5.81. The molecule has 2 aromatic heterocycles. The van der Waals surface area contributed by atoms with Crippen LogP contribution in [0.25, 0.3) is 0 Å². The minimum Gasteiger partial charge on any atom is -0.464 e. The number of nitrogens with zero attached hydrogens (tertiary/aromatic N) is 1. The van der Waals surface area contributed by atoms with Gasteiger partial charge in [-0.3, -0.25) is 0 Å². The van der Waals surface area contributed by atoms with Crippen LogP contribution in [0.4, 0.5) is 5.69 Å². The molecule has 18 heavy (non-hydrogen) atoms. The molecule has 0 spiro atoms. The Bertz CT molecular complexity index is 535. The van der Waals surface area contributed by atoms with Crippen molar-refractivity contribution >= 4 is 17.3 Å². The highest BCUT2D eigenvalue weighted by molar-refractivity contribution is 6.29. The van der Waals surface area contributed by atoms with E-state index in [-0.39, 0.29) is 0 Å². The maximum Gasteiger partial charge on any atom is 0.129 e. The molecule has 4 heteroatoms. The van der Waals surface area contributed by atoms with E-state index in [0.29, 0.717) is 17.6 Å². The first-order valence-electron chi connectivity index (χ1n) is 6.16.